The largest absolute Gasteiger partial charge is 0.481 e. The van der Waals surface area contributed by atoms with Crippen LogP contribution < -0.4 is 0 Å². The molecule has 0 aliphatic rings. The fraction of sp³-hybridized carbons (Fsp3) is 0.600. The van der Waals surface area contributed by atoms with Crippen LogP contribution >= 0.6 is 0 Å². The van der Waals surface area contributed by atoms with Gasteiger partial charge in [-0.15, -0.1) is 0 Å². The van der Waals surface area contributed by atoms with Gasteiger partial charge in [0.15, 0.2) is 5.60 Å². The predicted molar refractivity (Wildman–Crippen MR) is 30.5 cm³/mol. The molecule has 0 fully saturated rings. The highest BCUT2D eigenvalue weighted by molar-refractivity contribution is 5.83. The number of aliphatic carboxylic acids is 2. The molecular weight excluding hydrogens is 140 g/mol. The Morgan fingerprint density at radius 2 is 1.80 bits per heavy atom. The van der Waals surface area contributed by atoms with Crippen LogP contribution in [0.5, 0.6) is 0 Å². The van der Waals surface area contributed by atoms with Gasteiger partial charge in [-0.05, 0) is 6.92 Å². The zero-order valence-electron chi connectivity index (χ0n) is 5.37. The molecule has 5 nitrogen and oxygen atoms in total. The molecule has 0 aliphatic heterocycles. The summed E-state index contributed by atoms with van der Waals surface area (Å²) in [5.41, 5.74) is -2.16. The van der Waals surface area contributed by atoms with E-state index in [1.165, 1.54) is 0 Å². The van der Waals surface area contributed by atoms with Gasteiger partial charge in [-0.2, -0.15) is 0 Å². The molecule has 0 spiro atoms. The third-order valence-electron chi connectivity index (χ3n) is 0.956. The average molecular weight is 148 g/mol. The molecule has 3 N–H and O–H groups in total. The maximum atomic E-state index is 10.0. The van der Waals surface area contributed by atoms with E-state index in [-0.39, 0.29) is 0 Å². The molecule has 0 radical (unpaired) electrons. The van der Waals surface area contributed by atoms with Crippen LogP contribution in [0.1, 0.15) is 13.3 Å². The Morgan fingerprint density at radius 1 is 1.40 bits per heavy atom. The molecule has 0 rings (SSSR count). The van der Waals surface area contributed by atoms with Gasteiger partial charge in [0.1, 0.15) is 0 Å². The van der Waals surface area contributed by atoms with Gasteiger partial charge in [-0.1, -0.05) is 0 Å². The molecule has 0 unspecified atom stereocenters. The summed E-state index contributed by atoms with van der Waals surface area (Å²) >= 11 is 0. The molecule has 0 heterocycles. The van der Waals surface area contributed by atoms with E-state index in [0.29, 0.717) is 0 Å². The molecule has 5 heteroatoms. The van der Waals surface area contributed by atoms with E-state index in [0.717, 1.165) is 6.92 Å². The minimum absolute atomic E-state index is 0.789. The van der Waals surface area contributed by atoms with E-state index >= 15 is 0 Å². The highest BCUT2D eigenvalue weighted by Gasteiger charge is 2.32. The first-order valence-electron chi connectivity index (χ1n) is 2.54. The normalized spacial score (nSPS) is 15.8. The monoisotopic (exact) mass is 148 g/mol. The number of hydrogen-bond acceptors (Lipinski definition) is 3. The van der Waals surface area contributed by atoms with E-state index in [4.69, 9.17) is 15.3 Å². The molecule has 0 bridgehead atoms. The van der Waals surface area contributed by atoms with E-state index in [1.54, 1.807) is 0 Å². The van der Waals surface area contributed by atoms with Gasteiger partial charge < -0.3 is 15.3 Å². The van der Waals surface area contributed by atoms with Crippen molar-refractivity contribution in [1.82, 2.24) is 0 Å². The van der Waals surface area contributed by atoms with Gasteiger partial charge in [-0.25, -0.2) is 4.79 Å². The Bertz CT molecular complexity index is 159. The third-order valence-corrected chi connectivity index (χ3v) is 0.956. The van der Waals surface area contributed by atoms with Crippen molar-refractivity contribution in [3.8, 4) is 0 Å². The van der Waals surface area contributed by atoms with Gasteiger partial charge in [0.05, 0.1) is 6.42 Å². The lowest BCUT2D eigenvalue weighted by Gasteiger charge is -2.13. The molecule has 0 amide bonds. The lowest BCUT2D eigenvalue weighted by atomic mass is 10.0. The Morgan fingerprint density at radius 3 is 1.90 bits per heavy atom. The van der Waals surface area contributed by atoms with Crippen molar-refractivity contribution < 1.29 is 24.9 Å². The molecule has 0 aromatic rings. The molecular formula is C5H8O5. The van der Waals surface area contributed by atoms with Crippen molar-refractivity contribution in [3.05, 3.63) is 0 Å². The first-order valence-corrected chi connectivity index (χ1v) is 2.54. The highest BCUT2D eigenvalue weighted by atomic mass is 16.4. The second-order valence-electron chi connectivity index (χ2n) is 2.15. The molecule has 0 aliphatic carbocycles. The smallest absolute Gasteiger partial charge is 0.335 e. The number of carboxylic acid groups (broad SMARTS) is 2. The number of aliphatic hydroxyl groups is 1. The SMILES string of the molecule is C[C@](O)(CC(=O)O)C(=O)O. The zero-order chi connectivity index (χ0) is 8.36. The van der Waals surface area contributed by atoms with Crippen molar-refractivity contribution in [2.24, 2.45) is 0 Å². The van der Waals surface area contributed by atoms with Crippen molar-refractivity contribution in [1.29, 1.82) is 0 Å². The Balaban J connectivity index is 4.13. The zero-order valence-corrected chi connectivity index (χ0v) is 5.37. The number of hydrogen-bond donors (Lipinski definition) is 3. The Labute approximate surface area is 56.9 Å². The molecule has 0 aromatic heterocycles. The fourth-order valence-corrected chi connectivity index (χ4v) is 0.370. The summed E-state index contributed by atoms with van der Waals surface area (Å²) in [5.74, 6) is -2.87. The highest BCUT2D eigenvalue weighted by Crippen LogP contribution is 2.08. The van der Waals surface area contributed by atoms with E-state index < -0.39 is 24.0 Å². The molecule has 10 heavy (non-hydrogen) atoms. The van der Waals surface area contributed by atoms with E-state index in [2.05, 4.69) is 0 Å². The van der Waals surface area contributed by atoms with Gasteiger partial charge >= 0.3 is 11.9 Å². The predicted octanol–water partition coefficient (Wildman–Crippen LogP) is -0.703. The van der Waals surface area contributed by atoms with Gasteiger partial charge in [0.25, 0.3) is 0 Å². The third kappa shape index (κ3) is 2.45. The molecule has 0 aromatic carbocycles. The van der Waals surface area contributed by atoms with E-state index in [1.807, 2.05) is 0 Å². The minimum atomic E-state index is -2.16. The maximum Gasteiger partial charge on any atom is 0.335 e. The van der Waals surface area contributed by atoms with Crippen LogP contribution in [0, 0.1) is 0 Å². The van der Waals surface area contributed by atoms with Crippen LogP contribution in [0.2, 0.25) is 0 Å². The second kappa shape index (κ2) is 2.66. The van der Waals surface area contributed by atoms with Crippen molar-refractivity contribution >= 4 is 11.9 Å². The van der Waals surface area contributed by atoms with Crippen LogP contribution in [0.25, 0.3) is 0 Å². The Kier molecular flexibility index (Phi) is 2.36. The number of carbonyl (C=O) groups is 2. The van der Waals surface area contributed by atoms with Crippen molar-refractivity contribution in [3.63, 3.8) is 0 Å². The minimum Gasteiger partial charge on any atom is -0.481 e. The first-order chi connectivity index (χ1) is 4.36. The summed E-state index contributed by atoms with van der Waals surface area (Å²) in [5, 5.41) is 25.0. The molecule has 58 valence electrons. The quantitative estimate of drug-likeness (QED) is 0.491. The lowest BCUT2D eigenvalue weighted by Crippen LogP contribution is -2.37. The lowest BCUT2D eigenvalue weighted by molar-refractivity contribution is -0.163. The van der Waals surface area contributed by atoms with Crippen molar-refractivity contribution in [2.75, 3.05) is 0 Å². The van der Waals surface area contributed by atoms with Crippen LogP contribution in [0.15, 0.2) is 0 Å². The first kappa shape index (κ1) is 8.90. The van der Waals surface area contributed by atoms with Crippen LogP contribution in [0.3, 0.4) is 0 Å². The average Bonchev–Trinajstić information content (AvgIpc) is 1.60. The summed E-state index contributed by atoms with van der Waals surface area (Å²) in [6.07, 6.45) is -0.789. The van der Waals surface area contributed by atoms with Gasteiger partial charge in [0.2, 0.25) is 0 Å². The Hall–Kier alpha value is -1.10. The second-order valence-corrected chi connectivity index (χ2v) is 2.15. The molecule has 0 saturated carbocycles. The van der Waals surface area contributed by atoms with E-state index in [9.17, 15) is 9.59 Å². The van der Waals surface area contributed by atoms with Crippen molar-refractivity contribution in [2.45, 2.75) is 18.9 Å². The molecule has 0 saturated heterocycles. The van der Waals surface area contributed by atoms with Crippen LogP contribution in [-0.2, 0) is 9.59 Å². The fourth-order valence-electron chi connectivity index (χ4n) is 0.370. The van der Waals surface area contributed by atoms with Crippen LogP contribution in [-0.4, -0.2) is 32.9 Å². The summed E-state index contributed by atoms with van der Waals surface area (Å²) in [7, 11) is 0. The summed E-state index contributed by atoms with van der Waals surface area (Å²) in [6, 6.07) is 0. The standard InChI is InChI=1S/C5H8O5/c1-5(10,4(8)9)2-3(6)7/h10H,2H2,1H3,(H,6,7)(H,8,9)/t5-/m0/s1. The van der Waals surface area contributed by atoms with Gasteiger partial charge in [-0.3, -0.25) is 4.79 Å². The number of rotatable bonds is 3. The molecule has 1 atom stereocenters. The maximum absolute atomic E-state index is 10.0. The summed E-state index contributed by atoms with van der Waals surface area (Å²) in [4.78, 5) is 19.9. The summed E-state index contributed by atoms with van der Waals surface area (Å²) in [6.45, 7) is 0.934. The number of carboxylic acids is 2. The van der Waals surface area contributed by atoms with Gasteiger partial charge in [0, 0.05) is 0 Å². The topological polar surface area (TPSA) is 94.8 Å². The summed E-state index contributed by atoms with van der Waals surface area (Å²) < 4.78 is 0. The van der Waals surface area contributed by atoms with Crippen LogP contribution in [0.4, 0.5) is 0 Å².